The minimum atomic E-state index is -3.79. The molecule has 1 fully saturated rings. The molecule has 2 aromatic rings. The van der Waals surface area contributed by atoms with Gasteiger partial charge in [0.25, 0.3) is 10.0 Å². The Hall–Kier alpha value is -1.86. The van der Waals surface area contributed by atoms with Crippen molar-refractivity contribution in [1.82, 2.24) is 0 Å². The van der Waals surface area contributed by atoms with Gasteiger partial charge in [0, 0.05) is 0 Å². The van der Waals surface area contributed by atoms with Gasteiger partial charge in [0.2, 0.25) is 0 Å². The first-order valence-corrected chi connectivity index (χ1v) is 11.7. The molecule has 0 spiro atoms. The summed E-state index contributed by atoms with van der Waals surface area (Å²) >= 11 is 0. The molecule has 0 heterocycles. The summed E-state index contributed by atoms with van der Waals surface area (Å²) in [5.41, 5.74) is 1.88. The predicted octanol–water partition coefficient (Wildman–Crippen LogP) is 3.82. The Morgan fingerprint density at radius 2 is 1.62 bits per heavy atom. The van der Waals surface area contributed by atoms with E-state index in [4.69, 9.17) is 0 Å². The van der Waals surface area contributed by atoms with E-state index in [1.165, 1.54) is 12.1 Å². The van der Waals surface area contributed by atoms with Gasteiger partial charge < -0.3 is 0 Å². The molecule has 1 N–H and O–H groups in total. The molecule has 5 nitrogen and oxygen atoms in total. The van der Waals surface area contributed by atoms with E-state index >= 15 is 0 Å². The molecule has 2 aromatic carbocycles. The van der Waals surface area contributed by atoms with Gasteiger partial charge in [0.1, 0.15) is 0 Å². The van der Waals surface area contributed by atoms with E-state index in [0.29, 0.717) is 18.4 Å². The Morgan fingerprint density at radius 1 is 0.923 bits per heavy atom. The second-order valence-electron chi connectivity index (χ2n) is 6.85. The third-order valence-electron chi connectivity index (χ3n) is 4.78. The van der Waals surface area contributed by atoms with Crippen molar-refractivity contribution < 1.29 is 16.8 Å². The zero-order valence-corrected chi connectivity index (χ0v) is 16.5. The summed E-state index contributed by atoms with van der Waals surface area (Å²) in [6.07, 6.45) is 3.17. The molecule has 0 saturated heterocycles. The van der Waals surface area contributed by atoms with Crippen molar-refractivity contribution in [3.05, 3.63) is 53.6 Å². The Kier molecular flexibility index (Phi) is 5.12. The monoisotopic (exact) mass is 393 g/mol. The molecule has 3 rings (SSSR count). The summed E-state index contributed by atoms with van der Waals surface area (Å²) in [7, 11) is -7.22. The van der Waals surface area contributed by atoms with E-state index in [9.17, 15) is 16.8 Å². The van der Waals surface area contributed by atoms with E-state index in [2.05, 4.69) is 4.72 Å². The summed E-state index contributed by atoms with van der Waals surface area (Å²) in [5, 5.41) is -0.367. The highest BCUT2D eigenvalue weighted by Crippen LogP contribution is 2.31. The Bertz CT molecular complexity index is 1020. The van der Waals surface area contributed by atoms with Crippen LogP contribution in [0.1, 0.15) is 36.8 Å². The maximum Gasteiger partial charge on any atom is 0.262 e. The lowest BCUT2D eigenvalue weighted by molar-refractivity contribution is 0.579. The molecule has 1 aliphatic rings. The molecule has 0 amide bonds. The fourth-order valence-corrected chi connectivity index (χ4v) is 6.61. The highest BCUT2D eigenvalue weighted by molar-refractivity contribution is 7.93. The topological polar surface area (TPSA) is 80.3 Å². The summed E-state index contributed by atoms with van der Waals surface area (Å²) in [5.74, 6) is 0. The first kappa shape index (κ1) is 18.9. The number of aryl methyl sites for hydroxylation is 2. The first-order valence-electron chi connectivity index (χ1n) is 8.64. The van der Waals surface area contributed by atoms with E-state index < -0.39 is 19.9 Å². The van der Waals surface area contributed by atoms with Crippen molar-refractivity contribution >= 4 is 25.5 Å². The Balaban J connectivity index is 1.91. The lowest BCUT2D eigenvalue weighted by Gasteiger charge is -2.14. The third-order valence-corrected chi connectivity index (χ3v) is 8.58. The zero-order chi connectivity index (χ0) is 18.9. The van der Waals surface area contributed by atoms with Crippen LogP contribution < -0.4 is 4.72 Å². The van der Waals surface area contributed by atoms with Gasteiger partial charge in [-0.3, -0.25) is 4.72 Å². The van der Waals surface area contributed by atoms with Crippen LogP contribution in [0.15, 0.2) is 52.3 Å². The second-order valence-corrected chi connectivity index (χ2v) is 10.7. The molecular formula is C19H23NO4S2. The number of anilines is 1. The van der Waals surface area contributed by atoms with Crippen LogP contribution in [-0.4, -0.2) is 22.1 Å². The molecule has 1 aliphatic carbocycles. The van der Waals surface area contributed by atoms with E-state index in [-0.39, 0.29) is 20.7 Å². The van der Waals surface area contributed by atoms with Crippen molar-refractivity contribution in [1.29, 1.82) is 0 Å². The van der Waals surface area contributed by atoms with Crippen molar-refractivity contribution in [3.63, 3.8) is 0 Å². The number of sulfone groups is 1. The summed E-state index contributed by atoms with van der Waals surface area (Å²) in [6, 6.07) is 11.2. The molecule has 140 valence electrons. The zero-order valence-electron chi connectivity index (χ0n) is 14.9. The molecular weight excluding hydrogens is 370 g/mol. The smallest absolute Gasteiger partial charge is 0.262 e. The Labute approximate surface area is 155 Å². The molecule has 7 heteroatoms. The molecule has 0 aliphatic heterocycles. The first-order chi connectivity index (χ1) is 12.2. The van der Waals surface area contributed by atoms with Gasteiger partial charge in [-0.05, 0) is 56.5 Å². The highest BCUT2D eigenvalue weighted by atomic mass is 32.2. The van der Waals surface area contributed by atoms with Crippen molar-refractivity contribution in [2.75, 3.05) is 4.72 Å². The molecule has 0 bridgehead atoms. The number of hydrogen-bond donors (Lipinski definition) is 1. The van der Waals surface area contributed by atoms with E-state index in [0.717, 1.165) is 18.4 Å². The summed E-state index contributed by atoms with van der Waals surface area (Å²) < 4.78 is 53.4. The average molecular weight is 394 g/mol. The highest BCUT2D eigenvalue weighted by Gasteiger charge is 2.30. The van der Waals surface area contributed by atoms with Crippen LogP contribution in [0.3, 0.4) is 0 Å². The van der Waals surface area contributed by atoms with Gasteiger partial charge in [-0.2, -0.15) is 0 Å². The van der Waals surface area contributed by atoms with Crippen molar-refractivity contribution in [2.24, 2.45) is 0 Å². The van der Waals surface area contributed by atoms with Gasteiger partial charge in [-0.15, -0.1) is 0 Å². The van der Waals surface area contributed by atoms with Crippen LogP contribution in [0.5, 0.6) is 0 Å². The predicted molar refractivity (Wildman–Crippen MR) is 103 cm³/mol. The fraction of sp³-hybridized carbons (Fsp3) is 0.368. The molecule has 0 radical (unpaired) electrons. The van der Waals surface area contributed by atoms with Crippen molar-refractivity contribution in [3.8, 4) is 0 Å². The number of nitrogens with one attached hydrogen (secondary N) is 1. The summed E-state index contributed by atoms with van der Waals surface area (Å²) in [6.45, 7) is 3.64. The second kappa shape index (κ2) is 7.04. The minimum Gasteiger partial charge on any atom is -0.280 e. The van der Waals surface area contributed by atoms with E-state index in [1.807, 2.05) is 6.92 Å². The van der Waals surface area contributed by atoms with Crippen LogP contribution in [0.2, 0.25) is 0 Å². The molecule has 26 heavy (non-hydrogen) atoms. The summed E-state index contributed by atoms with van der Waals surface area (Å²) in [4.78, 5) is 0.359. The average Bonchev–Trinajstić information content (AvgIpc) is 3.09. The lowest BCUT2D eigenvalue weighted by atomic mass is 10.2. The fourth-order valence-electron chi connectivity index (χ4n) is 3.44. The van der Waals surface area contributed by atoms with Crippen LogP contribution >= 0.6 is 0 Å². The van der Waals surface area contributed by atoms with Gasteiger partial charge in [0.05, 0.1) is 20.7 Å². The van der Waals surface area contributed by atoms with E-state index in [1.54, 1.807) is 37.3 Å². The standard InChI is InChI=1S/C19H23NO4S2/c1-14-10-11-19(15(2)12-14)26(23,24)20-16-6-5-9-18(13-16)25(21,22)17-7-3-4-8-17/h5-6,9-13,17,20H,3-4,7-8H2,1-2H3. The minimum absolute atomic E-state index is 0.172. The number of sulfonamides is 1. The third kappa shape index (κ3) is 3.78. The van der Waals surface area contributed by atoms with Crippen LogP contribution in [0.25, 0.3) is 0 Å². The quantitative estimate of drug-likeness (QED) is 0.837. The molecule has 0 aromatic heterocycles. The maximum atomic E-state index is 12.7. The van der Waals surface area contributed by atoms with Gasteiger partial charge >= 0.3 is 0 Å². The number of rotatable bonds is 5. The SMILES string of the molecule is Cc1ccc(S(=O)(=O)Nc2cccc(S(=O)(=O)C3CCCC3)c2)c(C)c1. The lowest BCUT2D eigenvalue weighted by Crippen LogP contribution is -2.18. The normalized spacial score (nSPS) is 15.9. The Morgan fingerprint density at radius 3 is 2.27 bits per heavy atom. The van der Waals surface area contributed by atoms with Crippen LogP contribution in [0.4, 0.5) is 5.69 Å². The molecule has 0 unspecified atom stereocenters. The van der Waals surface area contributed by atoms with Gasteiger partial charge in [-0.1, -0.05) is 36.6 Å². The van der Waals surface area contributed by atoms with Crippen molar-refractivity contribution in [2.45, 2.75) is 54.6 Å². The molecule has 0 atom stereocenters. The van der Waals surface area contributed by atoms with Gasteiger partial charge in [-0.25, -0.2) is 16.8 Å². The maximum absolute atomic E-state index is 12.7. The molecule has 1 saturated carbocycles. The van der Waals surface area contributed by atoms with Crippen LogP contribution in [-0.2, 0) is 19.9 Å². The van der Waals surface area contributed by atoms with Gasteiger partial charge in [0.15, 0.2) is 9.84 Å². The van der Waals surface area contributed by atoms with Crippen LogP contribution in [0, 0.1) is 13.8 Å². The number of hydrogen-bond acceptors (Lipinski definition) is 4. The number of benzene rings is 2. The largest absolute Gasteiger partial charge is 0.280 e.